The molecule has 0 aromatic heterocycles. The Hall–Kier alpha value is -0.0200. The topological polar surface area (TPSA) is 20.3 Å². The van der Waals surface area contributed by atoms with E-state index in [1.54, 1.807) is 0 Å². The second-order valence-electron chi connectivity index (χ2n) is 4.54. The molecular weight excluding hydrogens is 194 g/mol. The molecule has 0 aromatic rings. The maximum Gasteiger partial charge on any atom is 0.151 e. The van der Waals surface area contributed by atoms with Crippen LogP contribution in [-0.4, -0.2) is 41.8 Å². The van der Waals surface area contributed by atoms with Crippen LogP contribution in [0.4, 0.5) is 0 Å². The van der Waals surface area contributed by atoms with Gasteiger partial charge in [-0.15, -0.1) is 0 Å². The van der Waals surface area contributed by atoms with Crippen LogP contribution in [0.1, 0.15) is 25.7 Å². The van der Waals surface area contributed by atoms with Crippen molar-refractivity contribution in [2.75, 3.05) is 25.1 Å². The molecule has 80 valence electrons. The maximum atomic E-state index is 12.0. The number of thioether (sulfide) groups is 1. The van der Waals surface area contributed by atoms with E-state index in [1.165, 1.54) is 25.0 Å². The van der Waals surface area contributed by atoms with Gasteiger partial charge in [-0.2, -0.15) is 11.8 Å². The lowest BCUT2D eigenvalue weighted by Gasteiger charge is -2.33. The van der Waals surface area contributed by atoms with Gasteiger partial charge in [0.15, 0.2) is 5.78 Å². The van der Waals surface area contributed by atoms with Crippen LogP contribution in [0.25, 0.3) is 0 Å². The molecule has 0 spiro atoms. The molecule has 0 amide bonds. The van der Waals surface area contributed by atoms with E-state index >= 15 is 0 Å². The maximum absolute atomic E-state index is 12.0. The van der Waals surface area contributed by atoms with Crippen LogP contribution in [0.2, 0.25) is 0 Å². The molecule has 2 nitrogen and oxygen atoms in total. The summed E-state index contributed by atoms with van der Waals surface area (Å²) in [5, 5.41) is 0. The Morgan fingerprint density at radius 1 is 1.50 bits per heavy atom. The van der Waals surface area contributed by atoms with E-state index in [2.05, 4.69) is 11.9 Å². The molecular formula is C11H19NOS. The van der Waals surface area contributed by atoms with Crippen molar-refractivity contribution in [1.29, 1.82) is 0 Å². The fraction of sp³-hybridized carbons (Fsp3) is 0.909. The zero-order chi connectivity index (χ0) is 9.97. The summed E-state index contributed by atoms with van der Waals surface area (Å²) in [5.74, 6) is 3.42. The van der Waals surface area contributed by atoms with Crippen molar-refractivity contribution in [2.45, 2.75) is 31.7 Å². The van der Waals surface area contributed by atoms with E-state index in [1.807, 2.05) is 11.8 Å². The molecule has 14 heavy (non-hydrogen) atoms. The number of hydrogen-bond donors (Lipinski definition) is 0. The molecule has 1 saturated carbocycles. The molecule has 1 aliphatic carbocycles. The number of hydrogen-bond acceptors (Lipinski definition) is 3. The number of carbonyl (C=O) groups is 1. The molecule has 3 heteroatoms. The van der Waals surface area contributed by atoms with Crippen LogP contribution >= 0.6 is 11.8 Å². The quantitative estimate of drug-likeness (QED) is 0.713. The third-order valence-electron chi connectivity index (χ3n) is 3.48. The highest BCUT2D eigenvalue weighted by Crippen LogP contribution is 2.30. The lowest BCUT2D eigenvalue weighted by molar-refractivity contribution is -0.124. The Labute approximate surface area is 90.4 Å². The first-order chi connectivity index (χ1) is 6.77. The first-order valence-electron chi connectivity index (χ1n) is 5.58. The van der Waals surface area contributed by atoms with Gasteiger partial charge >= 0.3 is 0 Å². The molecule has 0 bridgehead atoms. The van der Waals surface area contributed by atoms with Crippen molar-refractivity contribution >= 4 is 17.5 Å². The van der Waals surface area contributed by atoms with Crippen molar-refractivity contribution in [2.24, 2.45) is 5.92 Å². The monoisotopic (exact) mass is 213 g/mol. The van der Waals surface area contributed by atoms with E-state index in [0.29, 0.717) is 5.78 Å². The molecule has 0 aromatic carbocycles. The van der Waals surface area contributed by atoms with E-state index in [9.17, 15) is 4.79 Å². The van der Waals surface area contributed by atoms with Crippen LogP contribution in [0.5, 0.6) is 0 Å². The number of likely N-dealkylation sites (N-methyl/N-ethyl adjacent to an activating group) is 1. The van der Waals surface area contributed by atoms with Crippen LogP contribution < -0.4 is 0 Å². The summed E-state index contributed by atoms with van der Waals surface area (Å²) in [6.07, 6.45) is 4.76. The number of rotatable bonds is 3. The van der Waals surface area contributed by atoms with Crippen molar-refractivity contribution < 1.29 is 4.79 Å². The van der Waals surface area contributed by atoms with Crippen LogP contribution in [-0.2, 0) is 4.79 Å². The highest BCUT2D eigenvalue weighted by molar-refractivity contribution is 7.99. The molecule has 1 atom stereocenters. The Kier molecular flexibility index (Phi) is 3.50. The first kappa shape index (κ1) is 10.5. The van der Waals surface area contributed by atoms with E-state index in [0.717, 1.165) is 24.6 Å². The van der Waals surface area contributed by atoms with Gasteiger partial charge in [-0.1, -0.05) is 19.3 Å². The fourth-order valence-corrected chi connectivity index (χ4v) is 3.39. The van der Waals surface area contributed by atoms with E-state index in [4.69, 9.17) is 0 Å². The average Bonchev–Trinajstić information content (AvgIpc) is 2.12. The van der Waals surface area contributed by atoms with Gasteiger partial charge in [0.25, 0.3) is 0 Å². The van der Waals surface area contributed by atoms with Gasteiger partial charge in [0.05, 0.1) is 6.04 Å². The predicted octanol–water partition coefficient (Wildman–Crippen LogP) is 1.79. The van der Waals surface area contributed by atoms with Gasteiger partial charge in [0, 0.05) is 24.5 Å². The number of nitrogens with zero attached hydrogens (tertiary/aromatic N) is 1. The molecule has 2 rings (SSSR count). The Morgan fingerprint density at radius 2 is 2.29 bits per heavy atom. The van der Waals surface area contributed by atoms with Crippen LogP contribution in [0.15, 0.2) is 0 Å². The Bertz CT molecular complexity index is 215. The largest absolute Gasteiger partial charge is 0.298 e. The molecule has 0 radical (unpaired) electrons. The van der Waals surface area contributed by atoms with Crippen molar-refractivity contribution in [3.8, 4) is 0 Å². The summed E-state index contributed by atoms with van der Waals surface area (Å²) in [7, 11) is 2.09. The fourth-order valence-electron chi connectivity index (χ4n) is 2.14. The summed E-state index contributed by atoms with van der Waals surface area (Å²) in [6.45, 7) is 1.08. The molecule has 2 fully saturated rings. The minimum atomic E-state index is 0.217. The van der Waals surface area contributed by atoms with Crippen molar-refractivity contribution in [3.05, 3.63) is 0 Å². The molecule has 1 aliphatic heterocycles. The SMILES string of the molecule is CN1CCSCC1C(=O)CC1CCC1. The minimum absolute atomic E-state index is 0.217. The van der Waals surface area contributed by atoms with Gasteiger partial charge in [0.1, 0.15) is 0 Å². The smallest absolute Gasteiger partial charge is 0.151 e. The normalized spacial score (nSPS) is 29.9. The van der Waals surface area contributed by atoms with Gasteiger partial charge in [-0.05, 0) is 13.0 Å². The Balaban J connectivity index is 1.82. The number of Topliss-reactive ketones (excluding diaryl/α,β-unsaturated/α-hetero) is 1. The molecule has 2 aliphatic rings. The minimum Gasteiger partial charge on any atom is -0.298 e. The molecule has 1 unspecified atom stereocenters. The van der Waals surface area contributed by atoms with Crippen LogP contribution in [0, 0.1) is 5.92 Å². The molecule has 1 heterocycles. The second kappa shape index (κ2) is 4.67. The summed E-state index contributed by atoms with van der Waals surface area (Å²) in [6, 6.07) is 0.217. The second-order valence-corrected chi connectivity index (χ2v) is 5.69. The van der Waals surface area contributed by atoms with Crippen LogP contribution in [0.3, 0.4) is 0 Å². The molecule has 1 saturated heterocycles. The Morgan fingerprint density at radius 3 is 2.86 bits per heavy atom. The van der Waals surface area contributed by atoms with Gasteiger partial charge < -0.3 is 0 Å². The molecule has 0 N–H and O–H groups in total. The zero-order valence-corrected chi connectivity index (χ0v) is 9.68. The average molecular weight is 213 g/mol. The standard InChI is InChI=1S/C11H19NOS/c1-12-5-6-14-8-10(12)11(13)7-9-3-2-4-9/h9-10H,2-8H2,1H3. The highest BCUT2D eigenvalue weighted by atomic mass is 32.2. The third-order valence-corrected chi connectivity index (χ3v) is 4.51. The van der Waals surface area contributed by atoms with Gasteiger partial charge in [-0.25, -0.2) is 0 Å². The highest BCUT2D eigenvalue weighted by Gasteiger charge is 2.29. The van der Waals surface area contributed by atoms with Gasteiger partial charge in [-0.3, -0.25) is 9.69 Å². The summed E-state index contributed by atoms with van der Waals surface area (Å²) >= 11 is 1.93. The van der Waals surface area contributed by atoms with Crippen molar-refractivity contribution in [1.82, 2.24) is 4.90 Å². The lowest BCUT2D eigenvalue weighted by Crippen LogP contribution is -2.45. The first-order valence-corrected chi connectivity index (χ1v) is 6.73. The summed E-state index contributed by atoms with van der Waals surface area (Å²) in [5.41, 5.74) is 0. The van der Waals surface area contributed by atoms with Gasteiger partial charge in [0.2, 0.25) is 0 Å². The number of carbonyl (C=O) groups excluding carboxylic acids is 1. The summed E-state index contributed by atoms with van der Waals surface area (Å²) < 4.78 is 0. The summed E-state index contributed by atoms with van der Waals surface area (Å²) in [4.78, 5) is 14.2. The lowest BCUT2D eigenvalue weighted by atomic mass is 9.81. The van der Waals surface area contributed by atoms with E-state index in [-0.39, 0.29) is 6.04 Å². The zero-order valence-electron chi connectivity index (χ0n) is 8.87. The third kappa shape index (κ3) is 2.31. The predicted molar refractivity (Wildman–Crippen MR) is 60.7 cm³/mol. The van der Waals surface area contributed by atoms with Crippen molar-refractivity contribution in [3.63, 3.8) is 0 Å². The number of ketones is 1. The van der Waals surface area contributed by atoms with E-state index < -0.39 is 0 Å².